The van der Waals surface area contributed by atoms with Gasteiger partial charge in [-0.15, -0.1) is 0 Å². The van der Waals surface area contributed by atoms with E-state index in [0.717, 1.165) is 35.6 Å². The number of anilines is 1. The van der Waals surface area contributed by atoms with Gasteiger partial charge in [-0.3, -0.25) is 4.79 Å². The van der Waals surface area contributed by atoms with E-state index in [0.29, 0.717) is 24.4 Å². The molecule has 0 aliphatic carbocycles. The monoisotopic (exact) mass is 351 g/mol. The molecule has 1 aliphatic rings. The predicted octanol–water partition coefficient (Wildman–Crippen LogP) is 3.11. The van der Waals surface area contributed by atoms with Crippen LogP contribution in [0.25, 0.3) is 11.0 Å². The summed E-state index contributed by atoms with van der Waals surface area (Å²) in [6, 6.07) is 11.5. The molecule has 1 amide bonds. The first-order valence-electron chi connectivity index (χ1n) is 8.70. The number of hydrogen-bond acceptors (Lipinski definition) is 5. The second kappa shape index (κ2) is 6.71. The van der Waals surface area contributed by atoms with Crippen molar-refractivity contribution < 1.29 is 13.9 Å². The Kier molecular flexibility index (Phi) is 4.24. The van der Waals surface area contributed by atoms with Crippen molar-refractivity contribution in [2.75, 3.05) is 38.2 Å². The fourth-order valence-electron chi connectivity index (χ4n) is 3.35. The van der Waals surface area contributed by atoms with Gasteiger partial charge in [0.15, 0.2) is 5.76 Å². The smallest absolute Gasteiger partial charge is 0.290 e. The summed E-state index contributed by atoms with van der Waals surface area (Å²) in [5.74, 6) is 2.06. The molecule has 4 rings (SSSR count). The first-order valence-corrected chi connectivity index (χ1v) is 8.70. The first kappa shape index (κ1) is 16.4. The van der Waals surface area contributed by atoms with Crippen LogP contribution in [0.3, 0.4) is 0 Å². The lowest BCUT2D eigenvalue weighted by atomic mass is 10.1. The minimum Gasteiger partial charge on any atom is -0.497 e. The number of aryl methyl sites for hydroxylation is 1. The zero-order chi connectivity index (χ0) is 18.1. The van der Waals surface area contributed by atoms with E-state index in [1.165, 1.54) is 0 Å². The lowest BCUT2D eigenvalue weighted by molar-refractivity contribution is 0.0716. The highest BCUT2D eigenvalue weighted by Crippen LogP contribution is 2.29. The summed E-state index contributed by atoms with van der Waals surface area (Å²) < 4.78 is 11.1. The van der Waals surface area contributed by atoms with Crippen molar-refractivity contribution in [3.63, 3.8) is 0 Å². The van der Waals surface area contributed by atoms with Gasteiger partial charge in [-0.1, -0.05) is 6.07 Å². The van der Waals surface area contributed by atoms with E-state index in [2.05, 4.69) is 9.88 Å². The number of hydrogen-bond donors (Lipinski definition) is 0. The molecule has 1 fully saturated rings. The zero-order valence-corrected chi connectivity index (χ0v) is 14.9. The molecule has 1 saturated heterocycles. The molecular formula is C20H21N3O3. The molecule has 26 heavy (non-hydrogen) atoms. The van der Waals surface area contributed by atoms with Crippen molar-refractivity contribution in [3.05, 3.63) is 53.9 Å². The standard InChI is InChI=1S/C20H21N3O3/c1-14-16-13-15(25-2)6-7-17(16)26-19(14)20(24)23-11-9-22(10-12-23)18-5-3-4-8-21-18/h3-8,13H,9-12H2,1-2H3. The number of piperazine rings is 1. The highest BCUT2D eigenvalue weighted by molar-refractivity contribution is 5.99. The maximum atomic E-state index is 13.0. The van der Waals surface area contributed by atoms with Gasteiger partial charge in [0.05, 0.1) is 7.11 Å². The summed E-state index contributed by atoms with van der Waals surface area (Å²) in [5, 5.41) is 0.917. The van der Waals surface area contributed by atoms with Crippen LogP contribution in [0, 0.1) is 6.92 Å². The highest BCUT2D eigenvalue weighted by Gasteiger charge is 2.27. The molecule has 0 N–H and O–H groups in total. The number of rotatable bonds is 3. The fourth-order valence-corrected chi connectivity index (χ4v) is 3.35. The van der Waals surface area contributed by atoms with E-state index in [4.69, 9.17) is 9.15 Å². The van der Waals surface area contributed by atoms with Crippen molar-refractivity contribution in [3.8, 4) is 5.75 Å². The number of methoxy groups -OCH3 is 1. The van der Waals surface area contributed by atoms with E-state index in [1.54, 1.807) is 13.3 Å². The SMILES string of the molecule is COc1ccc2oc(C(=O)N3CCN(c4ccccn4)CC3)c(C)c2c1. The minimum absolute atomic E-state index is 0.0571. The predicted molar refractivity (Wildman–Crippen MR) is 99.9 cm³/mol. The molecular weight excluding hydrogens is 330 g/mol. The number of benzene rings is 1. The molecule has 0 atom stereocenters. The summed E-state index contributed by atoms with van der Waals surface area (Å²) >= 11 is 0. The van der Waals surface area contributed by atoms with Gasteiger partial charge in [0.2, 0.25) is 0 Å². The van der Waals surface area contributed by atoms with Crippen LogP contribution >= 0.6 is 0 Å². The van der Waals surface area contributed by atoms with Crippen molar-refractivity contribution >= 4 is 22.7 Å². The number of nitrogens with zero attached hydrogens (tertiary/aromatic N) is 3. The molecule has 0 bridgehead atoms. The molecule has 6 nitrogen and oxygen atoms in total. The maximum Gasteiger partial charge on any atom is 0.290 e. The Hall–Kier alpha value is -3.02. The largest absolute Gasteiger partial charge is 0.497 e. The van der Waals surface area contributed by atoms with Crippen molar-refractivity contribution in [1.29, 1.82) is 0 Å². The van der Waals surface area contributed by atoms with Crippen LogP contribution in [-0.4, -0.2) is 49.1 Å². The van der Waals surface area contributed by atoms with Crippen LogP contribution in [-0.2, 0) is 0 Å². The van der Waals surface area contributed by atoms with E-state index in [-0.39, 0.29) is 5.91 Å². The summed E-state index contributed by atoms with van der Waals surface area (Å²) in [5.41, 5.74) is 1.56. The summed E-state index contributed by atoms with van der Waals surface area (Å²) in [6.45, 7) is 4.73. The number of carbonyl (C=O) groups excluding carboxylic acids is 1. The van der Waals surface area contributed by atoms with Crippen LogP contribution in [0.15, 0.2) is 47.0 Å². The number of amides is 1. The minimum atomic E-state index is -0.0571. The van der Waals surface area contributed by atoms with Gasteiger partial charge in [-0.25, -0.2) is 4.98 Å². The van der Waals surface area contributed by atoms with Gasteiger partial charge in [0.1, 0.15) is 17.2 Å². The molecule has 0 radical (unpaired) electrons. The first-order chi connectivity index (χ1) is 12.7. The molecule has 1 aromatic carbocycles. The van der Waals surface area contributed by atoms with Crippen molar-refractivity contribution in [1.82, 2.24) is 9.88 Å². The third-order valence-corrected chi connectivity index (χ3v) is 4.88. The van der Waals surface area contributed by atoms with Gasteiger partial charge < -0.3 is 19.0 Å². The number of ether oxygens (including phenoxy) is 1. The summed E-state index contributed by atoms with van der Waals surface area (Å²) in [4.78, 5) is 21.4. The molecule has 6 heteroatoms. The number of pyridine rings is 1. The van der Waals surface area contributed by atoms with Crippen LogP contribution < -0.4 is 9.64 Å². The topological polar surface area (TPSA) is 58.8 Å². The van der Waals surface area contributed by atoms with E-state index in [9.17, 15) is 4.79 Å². The van der Waals surface area contributed by atoms with Crippen LogP contribution in [0.2, 0.25) is 0 Å². The lowest BCUT2D eigenvalue weighted by Crippen LogP contribution is -2.49. The normalized spacial score (nSPS) is 14.7. The average molecular weight is 351 g/mol. The van der Waals surface area contributed by atoms with Gasteiger partial charge in [0.25, 0.3) is 5.91 Å². The molecule has 0 saturated carbocycles. The van der Waals surface area contributed by atoms with Crippen LogP contribution in [0.5, 0.6) is 5.75 Å². The second-order valence-corrected chi connectivity index (χ2v) is 6.39. The summed E-state index contributed by atoms with van der Waals surface area (Å²) in [6.07, 6.45) is 1.79. The fraction of sp³-hybridized carbons (Fsp3) is 0.300. The Labute approximate surface area is 152 Å². The molecule has 1 aliphatic heterocycles. The molecule has 3 aromatic rings. The number of furan rings is 1. The quantitative estimate of drug-likeness (QED) is 0.726. The third-order valence-electron chi connectivity index (χ3n) is 4.88. The van der Waals surface area contributed by atoms with Crippen molar-refractivity contribution in [2.24, 2.45) is 0 Å². The Morgan fingerprint density at radius 2 is 1.96 bits per heavy atom. The summed E-state index contributed by atoms with van der Waals surface area (Å²) in [7, 11) is 1.63. The van der Waals surface area contributed by atoms with E-state index >= 15 is 0 Å². The molecule has 0 spiro atoms. The van der Waals surface area contributed by atoms with E-state index in [1.807, 2.05) is 48.2 Å². The second-order valence-electron chi connectivity index (χ2n) is 6.39. The van der Waals surface area contributed by atoms with E-state index < -0.39 is 0 Å². The zero-order valence-electron chi connectivity index (χ0n) is 14.9. The van der Waals surface area contributed by atoms with Crippen LogP contribution in [0.4, 0.5) is 5.82 Å². The molecule has 3 heterocycles. The van der Waals surface area contributed by atoms with Crippen molar-refractivity contribution in [2.45, 2.75) is 6.92 Å². The van der Waals surface area contributed by atoms with Crippen LogP contribution in [0.1, 0.15) is 16.1 Å². The number of carbonyl (C=O) groups is 1. The molecule has 134 valence electrons. The molecule has 0 unspecified atom stereocenters. The van der Waals surface area contributed by atoms with Gasteiger partial charge in [-0.05, 0) is 37.3 Å². The lowest BCUT2D eigenvalue weighted by Gasteiger charge is -2.35. The highest BCUT2D eigenvalue weighted by atomic mass is 16.5. The Morgan fingerprint density at radius 1 is 1.15 bits per heavy atom. The maximum absolute atomic E-state index is 13.0. The third kappa shape index (κ3) is 2.87. The Morgan fingerprint density at radius 3 is 2.65 bits per heavy atom. The Balaban J connectivity index is 1.52. The Bertz CT molecular complexity index is 928. The van der Waals surface area contributed by atoms with Gasteiger partial charge in [-0.2, -0.15) is 0 Å². The number of fused-ring (bicyclic) bond motifs is 1. The van der Waals surface area contributed by atoms with Gasteiger partial charge in [0, 0.05) is 43.3 Å². The van der Waals surface area contributed by atoms with Gasteiger partial charge >= 0.3 is 0 Å². The molecule has 2 aromatic heterocycles. The number of aromatic nitrogens is 1. The average Bonchev–Trinajstić information content (AvgIpc) is 3.04.